The van der Waals surface area contributed by atoms with Gasteiger partial charge in [-0.05, 0) is 13.0 Å². The number of amides is 1. The van der Waals surface area contributed by atoms with E-state index in [0.717, 1.165) is 0 Å². The molecule has 0 aliphatic heterocycles. The SMILES string of the molecule is C/C=C/C(=O)NCC(=O)OC. The summed E-state index contributed by atoms with van der Waals surface area (Å²) >= 11 is 0. The molecule has 0 saturated heterocycles. The molecule has 0 aromatic heterocycles. The highest BCUT2D eigenvalue weighted by Crippen LogP contribution is 1.73. The number of esters is 1. The van der Waals surface area contributed by atoms with E-state index in [2.05, 4.69) is 10.1 Å². The number of methoxy groups -OCH3 is 1. The topological polar surface area (TPSA) is 55.4 Å². The van der Waals surface area contributed by atoms with Crippen LogP contribution in [0.3, 0.4) is 0 Å². The van der Waals surface area contributed by atoms with Gasteiger partial charge in [-0.2, -0.15) is 0 Å². The number of carbonyl (C=O) groups is 2. The number of allylic oxidation sites excluding steroid dienone is 1. The molecule has 1 N–H and O–H groups in total. The van der Waals surface area contributed by atoms with Crippen LogP contribution in [0.2, 0.25) is 0 Å². The van der Waals surface area contributed by atoms with Crippen LogP contribution in [-0.4, -0.2) is 25.5 Å². The fourth-order valence-corrected chi connectivity index (χ4v) is 0.442. The Morgan fingerprint density at radius 2 is 2.18 bits per heavy atom. The van der Waals surface area contributed by atoms with Crippen molar-refractivity contribution in [2.45, 2.75) is 6.92 Å². The fourth-order valence-electron chi connectivity index (χ4n) is 0.442. The third kappa shape index (κ3) is 5.14. The maximum Gasteiger partial charge on any atom is 0.325 e. The van der Waals surface area contributed by atoms with E-state index in [1.54, 1.807) is 13.0 Å². The van der Waals surface area contributed by atoms with Gasteiger partial charge >= 0.3 is 5.97 Å². The van der Waals surface area contributed by atoms with Gasteiger partial charge in [0.15, 0.2) is 0 Å². The van der Waals surface area contributed by atoms with Crippen LogP contribution >= 0.6 is 0 Å². The molecule has 0 heterocycles. The number of hydrogen-bond acceptors (Lipinski definition) is 3. The normalized spacial score (nSPS) is 9.64. The minimum atomic E-state index is -0.456. The van der Waals surface area contributed by atoms with Crippen molar-refractivity contribution in [2.75, 3.05) is 13.7 Å². The average Bonchev–Trinajstić information content (AvgIpc) is 2.01. The second-order valence-electron chi connectivity index (χ2n) is 1.79. The van der Waals surface area contributed by atoms with Gasteiger partial charge in [-0.1, -0.05) is 6.08 Å². The summed E-state index contributed by atoms with van der Waals surface area (Å²) in [5.41, 5.74) is 0. The lowest BCUT2D eigenvalue weighted by atomic mass is 10.5. The van der Waals surface area contributed by atoms with Gasteiger partial charge in [-0.15, -0.1) is 0 Å². The molecule has 0 aromatic carbocycles. The van der Waals surface area contributed by atoms with Gasteiger partial charge in [0.25, 0.3) is 0 Å². The molecule has 0 spiro atoms. The van der Waals surface area contributed by atoms with Crippen molar-refractivity contribution < 1.29 is 14.3 Å². The first-order valence-corrected chi connectivity index (χ1v) is 3.18. The van der Waals surface area contributed by atoms with E-state index in [-0.39, 0.29) is 12.5 Å². The van der Waals surface area contributed by atoms with E-state index in [1.807, 2.05) is 0 Å². The summed E-state index contributed by atoms with van der Waals surface area (Å²) < 4.78 is 4.30. The molecule has 62 valence electrons. The van der Waals surface area contributed by atoms with Crippen LogP contribution in [0.15, 0.2) is 12.2 Å². The molecule has 0 aliphatic carbocycles. The molecule has 0 aromatic rings. The van der Waals surface area contributed by atoms with Crippen molar-refractivity contribution in [3.05, 3.63) is 12.2 Å². The minimum Gasteiger partial charge on any atom is -0.468 e. The van der Waals surface area contributed by atoms with E-state index >= 15 is 0 Å². The molecule has 0 radical (unpaired) electrons. The highest BCUT2D eigenvalue weighted by molar-refractivity contribution is 5.89. The number of carbonyl (C=O) groups excluding carboxylic acids is 2. The van der Waals surface area contributed by atoms with Gasteiger partial charge < -0.3 is 10.1 Å². The van der Waals surface area contributed by atoms with Crippen LogP contribution in [0, 0.1) is 0 Å². The van der Waals surface area contributed by atoms with E-state index in [1.165, 1.54) is 13.2 Å². The van der Waals surface area contributed by atoms with E-state index < -0.39 is 5.97 Å². The molecule has 0 bridgehead atoms. The van der Waals surface area contributed by atoms with Crippen molar-refractivity contribution in [1.29, 1.82) is 0 Å². The van der Waals surface area contributed by atoms with Gasteiger partial charge in [0.2, 0.25) is 5.91 Å². The van der Waals surface area contributed by atoms with Crippen molar-refractivity contribution in [3.63, 3.8) is 0 Å². The Kier molecular flexibility index (Phi) is 4.81. The summed E-state index contributed by atoms with van der Waals surface area (Å²) in [6.45, 7) is 1.64. The van der Waals surface area contributed by atoms with E-state index in [9.17, 15) is 9.59 Å². The molecule has 0 atom stereocenters. The molecule has 1 amide bonds. The smallest absolute Gasteiger partial charge is 0.325 e. The summed E-state index contributed by atoms with van der Waals surface area (Å²) in [4.78, 5) is 21.1. The summed E-state index contributed by atoms with van der Waals surface area (Å²) in [5.74, 6) is -0.749. The largest absolute Gasteiger partial charge is 0.468 e. The first-order valence-electron chi connectivity index (χ1n) is 3.18. The summed E-state index contributed by atoms with van der Waals surface area (Å²) in [6.07, 6.45) is 2.93. The Bertz CT molecular complexity index is 175. The van der Waals surface area contributed by atoms with Crippen molar-refractivity contribution in [1.82, 2.24) is 5.32 Å². The monoisotopic (exact) mass is 157 g/mol. The highest BCUT2D eigenvalue weighted by atomic mass is 16.5. The zero-order valence-corrected chi connectivity index (χ0v) is 6.59. The number of rotatable bonds is 3. The summed E-state index contributed by atoms with van der Waals surface area (Å²) in [5, 5.41) is 2.33. The van der Waals surface area contributed by atoms with Gasteiger partial charge in [0, 0.05) is 0 Å². The van der Waals surface area contributed by atoms with Crippen molar-refractivity contribution >= 4 is 11.9 Å². The highest BCUT2D eigenvalue weighted by Gasteiger charge is 2.00. The number of nitrogens with one attached hydrogen (secondary N) is 1. The third-order valence-corrected chi connectivity index (χ3v) is 0.953. The summed E-state index contributed by atoms with van der Waals surface area (Å²) in [7, 11) is 1.27. The second kappa shape index (κ2) is 5.46. The fraction of sp³-hybridized carbons (Fsp3) is 0.429. The summed E-state index contributed by atoms with van der Waals surface area (Å²) in [6, 6.07) is 0. The van der Waals surface area contributed by atoms with Crippen LogP contribution in [0.1, 0.15) is 6.92 Å². The Balaban J connectivity index is 3.54. The Morgan fingerprint density at radius 3 is 2.64 bits per heavy atom. The molecule has 0 fully saturated rings. The lowest BCUT2D eigenvalue weighted by Crippen LogP contribution is -2.28. The van der Waals surface area contributed by atoms with Crippen molar-refractivity contribution in [2.24, 2.45) is 0 Å². The Morgan fingerprint density at radius 1 is 1.55 bits per heavy atom. The van der Waals surface area contributed by atoms with Crippen molar-refractivity contribution in [3.8, 4) is 0 Å². The lowest BCUT2D eigenvalue weighted by molar-refractivity contribution is -0.140. The minimum absolute atomic E-state index is 0.0837. The van der Waals surface area contributed by atoms with Crippen LogP contribution in [0.5, 0.6) is 0 Å². The number of ether oxygens (including phenoxy) is 1. The lowest BCUT2D eigenvalue weighted by Gasteiger charge is -1.98. The predicted octanol–water partition coefficient (Wildman–Crippen LogP) is -0.148. The van der Waals surface area contributed by atoms with Crippen LogP contribution in [-0.2, 0) is 14.3 Å². The first kappa shape index (κ1) is 9.68. The van der Waals surface area contributed by atoms with Gasteiger partial charge in [0.05, 0.1) is 7.11 Å². The molecule has 4 heteroatoms. The molecule has 0 aliphatic rings. The molecule has 0 rings (SSSR count). The average molecular weight is 157 g/mol. The molecular weight excluding hydrogens is 146 g/mol. The second-order valence-corrected chi connectivity index (χ2v) is 1.79. The molecule has 0 saturated carbocycles. The van der Waals surface area contributed by atoms with Gasteiger partial charge in [-0.3, -0.25) is 9.59 Å². The van der Waals surface area contributed by atoms with Crippen LogP contribution in [0.25, 0.3) is 0 Å². The number of hydrogen-bond donors (Lipinski definition) is 1. The maximum atomic E-state index is 10.7. The molecular formula is C7H11NO3. The maximum absolute atomic E-state index is 10.7. The quantitative estimate of drug-likeness (QED) is 0.458. The Labute approximate surface area is 65.2 Å². The zero-order chi connectivity index (χ0) is 8.69. The van der Waals surface area contributed by atoms with E-state index in [4.69, 9.17) is 0 Å². The third-order valence-electron chi connectivity index (χ3n) is 0.953. The molecule has 0 unspecified atom stereocenters. The van der Waals surface area contributed by atoms with Crippen LogP contribution < -0.4 is 5.32 Å². The standard InChI is InChI=1S/C7H11NO3/c1-3-4-6(9)8-5-7(10)11-2/h3-4H,5H2,1-2H3,(H,8,9)/b4-3+. The molecule has 4 nitrogen and oxygen atoms in total. The van der Waals surface area contributed by atoms with E-state index in [0.29, 0.717) is 0 Å². The van der Waals surface area contributed by atoms with Gasteiger partial charge in [-0.25, -0.2) is 0 Å². The predicted molar refractivity (Wildman–Crippen MR) is 39.8 cm³/mol. The van der Waals surface area contributed by atoms with Gasteiger partial charge in [0.1, 0.15) is 6.54 Å². The molecule has 11 heavy (non-hydrogen) atoms. The first-order chi connectivity index (χ1) is 5.20. The Hall–Kier alpha value is -1.32. The zero-order valence-electron chi connectivity index (χ0n) is 6.59. The van der Waals surface area contributed by atoms with Crippen LogP contribution in [0.4, 0.5) is 0 Å².